The molecule has 0 bridgehead atoms. The van der Waals surface area contributed by atoms with Crippen molar-refractivity contribution in [2.75, 3.05) is 30.8 Å². The number of nitrogens with zero attached hydrogens (tertiary/aromatic N) is 2. The molecule has 198 valence electrons. The zero-order chi connectivity index (χ0) is 26.7. The van der Waals surface area contributed by atoms with E-state index in [1.165, 1.54) is 4.31 Å². The fourth-order valence-electron chi connectivity index (χ4n) is 3.85. The fourth-order valence-corrected chi connectivity index (χ4v) is 4.99. The second kappa shape index (κ2) is 14.1. The lowest BCUT2D eigenvalue weighted by Crippen LogP contribution is -2.49. The molecule has 0 aliphatic carbocycles. The van der Waals surface area contributed by atoms with E-state index in [2.05, 4.69) is 5.32 Å². The molecule has 2 aromatic carbocycles. The largest absolute Gasteiger partial charge is 0.497 e. The molecule has 2 amide bonds. The highest BCUT2D eigenvalue weighted by atomic mass is 35.5. The monoisotopic (exact) mass is 537 g/mol. The molecule has 0 aliphatic rings. The van der Waals surface area contributed by atoms with Gasteiger partial charge in [0, 0.05) is 31.1 Å². The summed E-state index contributed by atoms with van der Waals surface area (Å²) in [6.07, 6.45) is 2.73. The van der Waals surface area contributed by atoms with Gasteiger partial charge in [-0.15, -0.1) is 0 Å². The van der Waals surface area contributed by atoms with Crippen molar-refractivity contribution in [2.45, 2.75) is 52.1 Å². The van der Waals surface area contributed by atoms with Crippen molar-refractivity contribution in [2.24, 2.45) is 0 Å². The molecule has 2 rings (SSSR count). The molecule has 1 N–H and O–H groups in total. The summed E-state index contributed by atoms with van der Waals surface area (Å²) in [7, 11) is -2.00. The van der Waals surface area contributed by atoms with Gasteiger partial charge in [-0.2, -0.15) is 0 Å². The third kappa shape index (κ3) is 8.71. The van der Waals surface area contributed by atoms with Crippen LogP contribution in [-0.2, 0) is 26.2 Å². The minimum atomic E-state index is -3.58. The Kier molecular flexibility index (Phi) is 11.5. The summed E-state index contributed by atoms with van der Waals surface area (Å²) in [4.78, 5) is 27.9. The van der Waals surface area contributed by atoms with Gasteiger partial charge < -0.3 is 15.0 Å². The first kappa shape index (κ1) is 29.5. The summed E-state index contributed by atoms with van der Waals surface area (Å²) in [6.45, 7) is 4.73. The van der Waals surface area contributed by atoms with E-state index in [0.29, 0.717) is 29.4 Å². The highest BCUT2D eigenvalue weighted by molar-refractivity contribution is 7.92. The van der Waals surface area contributed by atoms with Crippen LogP contribution in [-0.4, -0.2) is 57.6 Å². The van der Waals surface area contributed by atoms with Crippen LogP contribution in [0.5, 0.6) is 5.75 Å². The smallest absolute Gasteiger partial charge is 0.242 e. The van der Waals surface area contributed by atoms with Crippen molar-refractivity contribution < 1.29 is 22.7 Å². The topological polar surface area (TPSA) is 96.0 Å². The minimum Gasteiger partial charge on any atom is -0.497 e. The van der Waals surface area contributed by atoms with Gasteiger partial charge in [-0.1, -0.05) is 43.6 Å². The summed E-state index contributed by atoms with van der Waals surface area (Å²) in [5.74, 6) is 0.285. The molecule has 1 atom stereocenters. The van der Waals surface area contributed by atoms with Crippen molar-refractivity contribution >= 4 is 39.1 Å². The lowest BCUT2D eigenvalue weighted by molar-refractivity contribution is -0.141. The van der Waals surface area contributed by atoms with Gasteiger partial charge in [0.05, 0.1) is 19.1 Å². The maximum absolute atomic E-state index is 13.4. The number of rotatable bonds is 14. The van der Waals surface area contributed by atoms with Crippen molar-refractivity contribution in [3.8, 4) is 5.75 Å². The van der Waals surface area contributed by atoms with Gasteiger partial charge in [-0.05, 0) is 55.2 Å². The van der Waals surface area contributed by atoms with Crippen molar-refractivity contribution in [1.29, 1.82) is 0 Å². The lowest BCUT2D eigenvalue weighted by Gasteiger charge is -2.31. The highest BCUT2D eigenvalue weighted by Gasteiger charge is 2.28. The van der Waals surface area contributed by atoms with E-state index in [1.54, 1.807) is 36.3 Å². The summed E-state index contributed by atoms with van der Waals surface area (Å²) < 4.78 is 31.3. The number of amides is 2. The number of nitrogens with one attached hydrogen (secondary N) is 1. The van der Waals surface area contributed by atoms with Crippen molar-refractivity contribution in [3.63, 3.8) is 0 Å². The zero-order valence-electron chi connectivity index (χ0n) is 21.4. The third-order valence-electron chi connectivity index (χ3n) is 5.70. The molecule has 0 aromatic heterocycles. The number of carbonyl (C=O) groups is 2. The lowest BCUT2D eigenvalue weighted by atomic mass is 10.1. The minimum absolute atomic E-state index is 0.0836. The van der Waals surface area contributed by atoms with Gasteiger partial charge in [0.2, 0.25) is 21.8 Å². The van der Waals surface area contributed by atoms with Crippen LogP contribution in [0.1, 0.15) is 45.1 Å². The van der Waals surface area contributed by atoms with Gasteiger partial charge in [0.25, 0.3) is 0 Å². The van der Waals surface area contributed by atoms with Gasteiger partial charge in [-0.3, -0.25) is 13.9 Å². The Labute approximate surface area is 219 Å². The molecular formula is C26H36ClN3O5S. The van der Waals surface area contributed by atoms with E-state index in [1.807, 2.05) is 38.1 Å². The molecule has 36 heavy (non-hydrogen) atoms. The first-order valence-electron chi connectivity index (χ1n) is 12.0. The normalized spacial score (nSPS) is 12.0. The van der Waals surface area contributed by atoms with Gasteiger partial charge in [-0.25, -0.2) is 8.42 Å². The number of anilines is 1. The van der Waals surface area contributed by atoms with Crippen LogP contribution in [0, 0.1) is 0 Å². The van der Waals surface area contributed by atoms with Crippen LogP contribution >= 0.6 is 11.6 Å². The molecule has 2 aromatic rings. The zero-order valence-corrected chi connectivity index (χ0v) is 22.9. The van der Waals surface area contributed by atoms with Crippen LogP contribution in [0.15, 0.2) is 48.5 Å². The standard InChI is InChI=1S/C26H36ClN3O5S/c1-5-16-28-26(32)24(6-2)29(19-20-12-14-23(35-3)15-13-20)25(31)11-8-17-30(36(4,33)34)22-10-7-9-21(27)18-22/h7,9-10,12-15,18,24H,5-6,8,11,16-17,19H2,1-4H3,(H,28,32)/t24-/m0/s1. The van der Waals surface area contributed by atoms with E-state index in [4.69, 9.17) is 16.3 Å². The Balaban J connectivity index is 2.20. The number of benzene rings is 2. The quantitative estimate of drug-likeness (QED) is 0.389. The average molecular weight is 538 g/mol. The van der Waals surface area contributed by atoms with E-state index in [9.17, 15) is 18.0 Å². The second-order valence-electron chi connectivity index (χ2n) is 8.50. The number of halogens is 1. The Morgan fingerprint density at radius 3 is 2.36 bits per heavy atom. The third-order valence-corrected chi connectivity index (χ3v) is 7.12. The van der Waals surface area contributed by atoms with Crippen LogP contribution < -0.4 is 14.4 Å². The molecule has 0 unspecified atom stereocenters. The van der Waals surface area contributed by atoms with E-state index >= 15 is 0 Å². The molecule has 0 radical (unpaired) electrons. The molecule has 10 heteroatoms. The second-order valence-corrected chi connectivity index (χ2v) is 10.8. The van der Waals surface area contributed by atoms with Crippen LogP contribution in [0.3, 0.4) is 0 Å². The van der Waals surface area contributed by atoms with E-state index in [0.717, 1.165) is 18.2 Å². The number of hydrogen-bond donors (Lipinski definition) is 1. The van der Waals surface area contributed by atoms with Gasteiger partial charge >= 0.3 is 0 Å². The predicted molar refractivity (Wildman–Crippen MR) is 144 cm³/mol. The predicted octanol–water partition coefficient (Wildman–Crippen LogP) is 4.23. The maximum Gasteiger partial charge on any atom is 0.242 e. The van der Waals surface area contributed by atoms with Crippen LogP contribution in [0.4, 0.5) is 5.69 Å². The first-order chi connectivity index (χ1) is 17.1. The van der Waals surface area contributed by atoms with Crippen molar-refractivity contribution in [1.82, 2.24) is 10.2 Å². The Morgan fingerprint density at radius 1 is 1.11 bits per heavy atom. The van der Waals surface area contributed by atoms with Crippen LogP contribution in [0.2, 0.25) is 5.02 Å². The summed E-state index contributed by atoms with van der Waals surface area (Å²) in [5, 5.41) is 3.31. The molecular weight excluding hydrogens is 502 g/mol. The van der Waals surface area contributed by atoms with Crippen molar-refractivity contribution in [3.05, 3.63) is 59.1 Å². The summed E-state index contributed by atoms with van der Waals surface area (Å²) in [6, 6.07) is 13.3. The Morgan fingerprint density at radius 2 is 1.81 bits per heavy atom. The molecule has 0 fully saturated rings. The summed E-state index contributed by atoms with van der Waals surface area (Å²) in [5.41, 5.74) is 1.31. The molecule has 0 saturated carbocycles. The van der Waals surface area contributed by atoms with E-state index in [-0.39, 0.29) is 37.7 Å². The number of hydrogen-bond acceptors (Lipinski definition) is 5. The number of ether oxygens (including phenoxy) is 1. The molecule has 8 nitrogen and oxygen atoms in total. The molecule has 0 heterocycles. The Hall–Kier alpha value is -2.78. The summed E-state index contributed by atoms with van der Waals surface area (Å²) >= 11 is 6.05. The fraction of sp³-hybridized carbons (Fsp3) is 0.462. The number of sulfonamides is 1. The van der Waals surface area contributed by atoms with Gasteiger partial charge in [0.1, 0.15) is 11.8 Å². The van der Waals surface area contributed by atoms with Gasteiger partial charge in [0.15, 0.2) is 0 Å². The maximum atomic E-state index is 13.4. The number of carbonyl (C=O) groups excluding carboxylic acids is 2. The van der Waals surface area contributed by atoms with Crippen LogP contribution in [0.25, 0.3) is 0 Å². The average Bonchev–Trinajstić information content (AvgIpc) is 2.84. The van der Waals surface area contributed by atoms with E-state index < -0.39 is 16.1 Å². The molecule has 0 saturated heterocycles. The number of methoxy groups -OCH3 is 1. The highest BCUT2D eigenvalue weighted by Crippen LogP contribution is 2.23. The SMILES string of the molecule is CCCNC(=O)[C@H](CC)N(Cc1ccc(OC)cc1)C(=O)CCCN(c1cccc(Cl)c1)S(C)(=O)=O. The molecule has 0 spiro atoms. The first-order valence-corrected chi connectivity index (χ1v) is 14.3. The Bertz CT molecular complexity index is 1110. The molecule has 0 aliphatic heterocycles.